The molecule has 0 aromatic rings. The molecular formula is C8H11NO6S. The Morgan fingerprint density at radius 1 is 1.44 bits per heavy atom. The van der Waals surface area contributed by atoms with E-state index in [0.717, 1.165) is 11.8 Å². The molecule has 2 aliphatic heterocycles. The third-order valence-electron chi connectivity index (χ3n) is 2.50. The second-order valence-corrected chi connectivity index (χ2v) is 5.03. The first-order valence-electron chi connectivity index (χ1n) is 4.79. The van der Waals surface area contributed by atoms with Crippen molar-refractivity contribution in [3.8, 4) is 0 Å². The molecule has 0 saturated carbocycles. The van der Waals surface area contributed by atoms with Gasteiger partial charge in [0.05, 0.1) is 18.5 Å². The second kappa shape index (κ2) is 4.56. The van der Waals surface area contributed by atoms with Crippen molar-refractivity contribution in [1.29, 1.82) is 0 Å². The molecule has 2 rings (SSSR count). The van der Waals surface area contributed by atoms with Gasteiger partial charge < -0.3 is 14.3 Å². The summed E-state index contributed by atoms with van der Waals surface area (Å²) in [7, 11) is 0. The standard InChI is InChI=1S/C8H11NO6S/c1-4(10)16-6-3-14-7-5(15-9(11)12)2-13-8(6)7/h5-8H,2-3H2,1H3/t5-,6-,7-,8+/m1/s1. The monoisotopic (exact) mass is 249 g/mol. The highest BCUT2D eigenvalue weighted by molar-refractivity contribution is 8.14. The van der Waals surface area contributed by atoms with Crippen LogP contribution in [-0.4, -0.2) is 47.0 Å². The van der Waals surface area contributed by atoms with E-state index in [9.17, 15) is 14.9 Å². The van der Waals surface area contributed by atoms with Crippen molar-refractivity contribution in [1.82, 2.24) is 0 Å². The summed E-state index contributed by atoms with van der Waals surface area (Å²) in [5.74, 6) is 0. The summed E-state index contributed by atoms with van der Waals surface area (Å²) < 4.78 is 10.8. The van der Waals surface area contributed by atoms with Gasteiger partial charge >= 0.3 is 0 Å². The van der Waals surface area contributed by atoms with Crippen LogP contribution >= 0.6 is 11.8 Å². The molecule has 2 saturated heterocycles. The van der Waals surface area contributed by atoms with Gasteiger partial charge in [0.15, 0.2) is 11.2 Å². The Bertz CT molecular complexity index is 281. The van der Waals surface area contributed by atoms with Crippen molar-refractivity contribution in [3.05, 3.63) is 10.1 Å². The highest BCUT2D eigenvalue weighted by Crippen LogP contribution is 2.35. The van der Waals surface area contributed by atoms with Crippen molar-refractivity contribution in [3.63, 3.8) is 0 Å². The molecule has 90 valence electrons. The van der Waals surface area contributed by atoms with Gasteiger partial charge in [0, 0.05) is 6.92 Å². The van der Waals surface area contributed by atoms with Gasteiger partial charge in [-0.3, -0.25) is 4.79 Å². The first kappa shape index (κ1) is 11.6. The van der Waals surface area contributed by atoms with Crippen LogP contribution in [0.15, 0.2) is 0 Å². The SMILES string of the molecule is CC(=O)S[C@@H]1CO[C@H]2[C@H]1OC[C@H]2O[N+](=O)[O-]. The van der Waals surface area contributed by atoms with E-state index in [1.54, 1.807) is 0 Å². The fraction of sp³-hybridized carbons (Fsp3) is 0.875. The Balaban J connectivity index is 1.95. The van der Waals surface area contributed by atoms with Crippen molar-refractivity contribution < 1.29 is 24.2 Å². The summed E-state index contributed by atoms with van der Waals surface area (Å²) in [6.45, 7) is 1.96. The fourth-order valence-electron chi connectivity index (χ4n) is 1.94. The Kier molecular flexibility index (Phi) is 3.31. The maximum atomic E-state index is 11.0. The quantitative estimate of drug-likeness (QED) is 0.514. The molecule has 2 fully saturated rings. The van der Waals surface area contributed by atoms with Crippen LogP contribution in [0.3, 0.4) is 0 Å². The molecule has 2 aliphatic rings. The van der Waals surface area contributed by atoms with Crippen LogP contribution < -0.4 is 0 Å². The number of rotatable bonds is 3. The number of thioether (sulfide) groups is 1. The fourth-order valence-corrected chi connectivity index (χ4v) is 2.88. The topological polar surface area (TPSA) is 87.9 Å². The molecule has 4 atom stereocenters. The van der Waals surface area contributed by atoms with Gasteiger partial charge in [-0.2, -0.15) is 0 Å². The predicted molar refractivity (Wildman–Crippen MR) is 53.4 cm³/mol. The lowest BCUT2D eigenvalue weighted by molar-refractivity contribution is -0.769. The van der Waals surface area contributed by atoms with Gasteiger partial charge in [-0.05, 0) is 0 Å². The minimum absolute atomic E-state index is 0.0171. The van der Waals surface area contributed by atoms with Crippen LogP contribution in [0.4, 0.5) is 0 Å². The van der Waals surface area contributed by atoms with Crippen LogP contribution in [0.1, 0.15) is 6.92 Å². The van der Waals surface area contributed by atoms with Crippen LogP contribution in [0, 0.1) is 10.1 Å². The zero-order valence-electron chi connectivity index (χ0n) is 8.53. The summed E-state index contributed by atoms with van der Waals surface area (Å²) >= 11 is 1.15. The third-order valence-corrected chi connectivity index (χ3v) is 3.54. The summed E-state index contributed by atoms with van der Waals surface area (Å²) in [5, 5.41) is 9.26. The van der Waals surface area contributed by atoms with Crippen molar-refractivity contribution in [2.45, 2.75) is 30.5 Å². The van der Waals surface area contributed by atoms with Gasteiger partial charge in [-0.15, -0.1) is 10.1 Å². The maximum Gasteiger partial charge on any atom is 0.294 e. The molecule has 8 heteroatoms. The molecular weight excluding hydrogens is 238 g/mol. The molecule has 0 aliphatic carbocycles. The third kappa shape index (κ3) is 2.28. The molecule has 0 aromatic heterocycles. The zero-order chi connectivity index (χ0) is 11.7. The molecule has 2 heterocycles. The lowest BCUT2D eigenvalue weighted by Crippen LogP contribution is -2.33. The number of fused-ring (bicyclic) bond motifs is 1. The van der Waals surface area contributed by atoms with Crippen molar-refractivity contribution in [2.24, 2.45) is 0 Å². The van der Waals surface area contributed by atoms with Gasteiger partial charge in [-0.25, -0.2) is 0 Å². The Morgan fingerprint density at radius 2 is 2.12 bits per heavy atom. The number of hydrogen-bond acceptors (Lipinski definition) is 7. The Morgan fingerprint density at radius 3 is 2.75 bits per heavy atom. The first-order chi connectivity index (χ1) is 7.58. The van der Waals surface area contributed by atoms with E-state index in [-0.39, 0.29) is 23.1 Å². The van der Waals surface area contributed by atoms with Crippen LogP contribution in [0.2, 0.25) is 0 Å². The van der Waals surface area contributed by atoms with Crippen LogP contribution in [0.25, 0.3) is 0 Å². The average Bonchev–Trinajstić information content (AvgIpc) is 2.70. The molecule has 0 aromatic carbocycles. The summed E-state index contributed by atoms with van der Waals surface area (Å²) in [6.07, 6.45) is -1.42. The van der Waals surface area contributed by atoms with Gasteiger partial charge in [0.25, 0.3) is 5.09 Å². The van der Waals surface area contributed by atoms with Crippen molar-refractivity contribution in [2.75, 3.05) is 13.2 Å². The highest BCUT2D eigenvalue weighted by atomic mass is 32.2. The molecule has 0 unspecified atom stereocenters. The number of hydrogen-bond donors (Lipinski definition) is 0. The molecule has 0 radical (unpaired) electrons. The number of carbonyl (C=O) groups excluding carboxylic acids is 1. The summed E-state index contributed by atoms with van der Waals surface area (Å²) in [5.41, 5.74) is 0. The lowest BCUT2D eigenvalue weighted by atomic mass is 10.1. The Labute approximate surface area is 95.5 Å². The van der Waals surface area contributed by atoms with E-state index in [1.165, 1.54) is 6.92 Å². The van der Waals surface area contributed by atoms with E-state index in [0.29, 0.717) is 6.61 Å². The molecule has 16 heavy (non-hydrogen) atoms. The van der Waals surface area contributed by atoms with Crippen LogP contribution in [-0.2, 0) is 19.1 Å². The first-order valence-corrected chi connectivity index (χ1v) is 5.67. The lowest BCUT2D eigenvalue weighted by Gasteiger charge is -2.14. The van der Waals surface area contributed by atoms with E-state index < -0.39 is 17.3 Å². The Hall–Kier alpha value is -0.860. The van der Waals surface area contributed by atoms with E-state index in [1.807, 2.05) is 0 Å². The minimum atomic E-state index is -0.842. The highest BCUT2D eigenvalue weighted by Gasteiger charge is 2.49. The van der Waals surface area contributed by atoms with Gasteiger partial charge in [-0.1, -0.05) is 11.8 Å². The molecule has 0 bridgehead atoms. The number of ether oxygens (including phenoxy) is 2. The zero-order valence-corrected chi connectivity index (χ0v) is 9.35. The maximum absolute atomic E-state index is 11.0. The number of nitrogens with zero attached hydrogens (tertiary/aromatic N) is 1. The average molecular weight is 249 g/mol. The minimum Gasteiger partial charge on any atom is -0.372 e. The normalized spacial score (nSPS) is 37.1. The molecule has 0 amide bonds. The van der Waals surface area contributed by atoms with E-state index in [4.69, 9.17) is 9.47 Å². The molecule has 0 N–H and O–H groups in total. The number of carbonyl (C=O) groups is 1. The largest absolute Gasteiger partial charge is 0.372 e. The molecule has 7 nitrogen and oxygen atoms in total. The summed E-state index contributed by atoms with van der Waals surface area (Å²) in [6, 6.07) is 0. The van der Waals surface area contributed by atoms with E-state index >= 15 is 0 Å². The van der Waals surface area contributed by atoms with Crippen molar-refractivity contribution >= 4 is 16.9 Å². The second-order valence-electron chi connectivity index (χ2n) is 3.61. The van der Waals surface area contributed by atoms with Crippen LogP contribution in [0.5, 0.6) is 0 Å². The predicted octanol–water partition coefficient (Wildman–Crippen LogP) is 0.00920. The summed E-state index contributed by atoms with van der Waals surface area (Å²) in [4.78, 5) is 25.6. The molecule has 0 spiro atoms. The van der Waals surface area contributed by atoms with Gasteiger partial charge in [0.2, 0.25) is 0 Å². The smallest absolute Gasteiger partial charge is 0.294 e. The van der Waals surface area contributed by atoms with E-state index in [2.05, 4.69) is 4.84 Å². The van der Waals surface area contributed by atoms with Gasteiger partial charge in [0.1, 0.15) is 12.2 Å².